The lowest BCUT2D eigenvalue weighted by Gasteiger charge is -2.02. The molecule has 17 heavy (non-hydrogen) atoms. The highest BCUT2D eigenvalue weighted by Gasteiger charge is 2.09. The highest BCUT2D eigenvalue weighted by atomic mass is 32.1. The van der Waals surface area contributed by atoms with Gasteiger partial charge in [0.15, 0.2) is 5.76 Å². The quantitative estimate of drug-likeness (QED) is 0.751. The summed E-state index contributed by atoms with van der Waals surface area (Å²) in [6, 6.07) is 9.52. The Hall–Kier alpha value is -2.14. The predicted octanol–water partition coefficient (Wildman–Crippen LogP) is 3.05. The molecule has 0 aliphatic rings. The molecule has 0 spiro atoms. The van der Waals surface area contributed by atoms with Crippen LogP contribution < -0.4 is 5.73 Å². The fourth-order valence-electron chi connectivity index (χ4n) is 1.57. The van der Waals surface area contributed by atoms with Crippen molar-refractivity contribution in [2.24, 2.45) is 0 Å². The SMILES string of the molecule is Nc1nc(-c2ccco2)cc(-c2cccs2)n1. The van der Waals surface area contributed by atoms with Gasteiger partial charge in [-0.3, -0.25) is 0 Å². The van der Waals surface area contributed by atoms with Crippen LogP contribution in [0.3, 0.4) is 0 Å². The van der Waals surface area contributed by atoms with E-state index in [-0.39, 0.29) is 5.95 Å². The molecule has 0 unspecified atom stereocenters. The Morgan fingerprint density at radius 3 is 2.71 bits per heavy atom. The van der Waals surface area contributed by atoms with Crippen molar-refractivity contribution >= 4 is 17.3 Å². The maximum Gasteiger partial charge on any atom is 0.221 e. The zero-order valence-electron chi connectivity index (χ0n) is 8.83. The monoisotopic (exact) mass is 243 g/mol. The van der Waals surface area contributed by atoms with Crippen LogP contribution in [-0.4, -0.2) is 9.97 Å². The van der Waals surface area contributed by atoms with Crippen molar-refractivity contribution in [1.82, 2.24) is 9.97 Å². The van der Waals surface area contributed by atoms with Crippen LogP contribution in [-0.2, 0) is 0 Å². The summed E-state index contributed by atoms with van der Waals surface area (Å²) in [7, 11) is 0. The van der Waals surface area contributed by atoms with Gasteiger partial charge in [-0.05, 0) is 29.6 Å². The molecule has 0 atom stereocenters. The first-order valence-electron chi connectivity index (χ1n) is 5.05. The van der Waals surface area contributed by atoms with Gasteiger partial charge in [0.1, 0.15) is 5.69 Å². The molecule has 4 nitrogen and oxygen atoms in total. The van der Waals surface area contributed by atoms with Crippen LogP contribution in [0, 0.1) is 0 Å². The molecule has 0 radical (unpaired) electrons. The number of aromatic nitrogens is 2. The van der Waals surface area contributed by atoms with Gasteiger partial charge in [-0.2, -0.15) is 0 Å². The van der Waals surface area contributed by atoms with E-state index in [1.807, 2.05) is 35.7 Å². The van der Waals surface area contributed by atoms with E-state index in [0.29, 0.717) is 11.5 Å². The predicted molar refractivity (Wildman–Crippen MR) is 67.5 cm³/mol. The molecule has 0 saturated heterocycles. The molecule has 0 aromatic carbocycles. The third kappa shape index (κ3) is 1.92. The van der Waals surface area contributed by atoms with E-state index in [1.54, 1.807) is 17.6 Å². The first-order chi connectivity index (χ1) is 8.33. The van der Waals surface area contributed by atoms with E-state index < -0.39 is 0 Å². The van der Waals surface area contributed by atoms with Crippen molar-refractivity contribution in [3.63, 3.8) is 0 Å². The Kier molecular flexibility index (Phi) is 2.38. The summed E-state index contributed by atoms with van der Waals surface area (Å²) in [5.74, 6) is 0.944. The van der Waals surface area contributed by atoms with Gasteiger partial charge in [0.25, 0.3) is 0 Å². The van der Waals surface area contributed by atoms with Gasteiger partial charge in [0.2, 0.25) is 5.95 Å². The molecule has 2 N–H and O–H groups in total. The van der Waals surface area contributed by atoms with Gasteiger partial charge in [-0.25, -0.2) is 9.97 Å². The van der Waals surface area contributed by atoms with Gasteiger partial charge in [-0.1, -0.05) is 6.07 Å². The summed E-state index contributed by atoms with van der Waals surface area (Å²) >= 11 is 1.61. The van der Waals surface area contributed by atoms with Crippen LogP contribution in [0.1, 0.15) is 0 Å². The van der Waals surface area contributed by atoms with Crippen molar-refractivity contribution in [2.45, 2.75) is 0 Å². The number of rotatable bonds is 2. The molecule has 3 aromatic heterocycles. The Morgan fingerprint density at radius 1 is 1.12 bits per heavy atom. The molecule has 0 amide bonds. The lowest BCUT2D eigenvalue weighted by molar-refractivity contribution is 0.580. The van der Waals surface area contributed by atoms with Crippen LogP contribution >= 0.6 is 11.3 Å². The van der Waals surface area contributed by atoms with Crippen LogP contribution in [0.2, 0.25) is 0 Å². The number of hydrogen-bond acceptors (Lipinski definition) is 5. The average molecular weight is 243 g/mol. The Morgan fingerprint density at radius 2 is 2.00 bits per heavy atom. The van der Waals surface area contributed by atoms with Crippen LogP contribution in [0.25, 0.3) is 22.0 Å². The molecule has 0 saturated carbocycles. The van der Waals surface area contributed by atoms with Crippen molar-refractivity contribution in [1.29, 1.82) is 0 Å². The normalized spacial score (nSPS) is 10.6. The highest BCUT2D eigenvalue weighted by Crippen LogP contribution is 2.27. The molecule has 84 valence electrons. The molecule has 3 rings (SSSR count). The molecule has 0 fully saturated rings. The van der Waals surface area contributed by atoms with Crippen molar-refractivity contribution in [2.75, 3.05) is 5.73 Å². The lowest BCUT2D eigenvalue weighted by Crippen LogP contribution is -1.97. The fraction of sp³-hybridized carbons (Fsp3) is 0. The Balaban J connectivity index is 2.13. The summed E-state index contributed by atoms with van der Waals surface area (Å²) in [5.41, 5.74) is 7.23. The van der Waals surface area contributed by atoms with E-state index in [1.165, 1.54) is 0 Å². The summed E-state index contributed by atoms with van der Waals surface area (Å²) in [5, 5.41) is 2.00. The van der Waals surface area contributed by atoms with Gasteiger partial charge in [-0.15, -0.1) is 11.3 Å². The largest absolute Gasteiger partial charge is 0.463 e. The summed E-state index contributed by atoms with van der Waals surface area (Å²) in [6.07, 6.45) is 1.61. The zero-order chi connectivity index (χ0) is 11.7. The minimum Gasteiger partial charge on any atom is -0.463 e. The minimum absolute atomic E-state index is 0.252. The van der Waals surface area contributed by atoms with Gasteiger partial charge >= 0.3 is 0 Å². The number of anilines is 1. The third-order valence-corrected chi connectivity index (χ3v) is 3.18. The molecule has 0 aliphatic carbocycles. The van der Waals surface area contributed by atoms with Crippen molar-refractivity contribution in [3.05, 3.63) is 42.0 Å². The second-order valence-corrected chi connectivity index (χ2v) is 4.40. The molecule has 5 heteroatoms. The number of thiophene rings is 1. The summed E-state index contributed by atoms with van der Waals surface area (Å²) in [4.78, 5) is 9.45. The van der Waals surface area contributed by atoms with Crippen LogP contribution in [0.15, 0.2) is 46.4 Å². The molecule has 3 heterocycles. The Labute approximate surface area is 102 Å². The first kappa shape index (κ1) is 10.0. The number of furan rings is 1. The van der Waals surface area contributed by atoms with Gasteiger partial charge in [0.05, 0.1) is 16.8 Å². The number of nitrogens with zero attached hydrogens (tertiary/aromatic N) is 2. The number of hydrogen-bond donors (Lipinski definition) is 1. The van der Waals surface area contributed by atoms with Crippen molar-refractivity contribution < 1.29 is 4.42 Å². The average Bonchev–Trinajstić information content (AvgIpc) is 3.02. The molecular formula is C12H9N3OS. The first-order valence-corrected chi connectivity index (χ1v) is 5.93. The van der Waals surface area contributed by atoms with Crippen molar-refractivity contribution in [3.8, 4) is 22.0 Å². The fourth-order valence-corrected chi connectivity index (χ4v) is 2.25. The zero-order valence-corrected chi connectivity index (χ0v) is 9.65. The lowest BCUT2D eigenvalue weighted by atomic mass is 10.2. The summed E-state index contributed by atoms with van der Waals surface area (Å²) < 4.78 is 5.30. The Bertz CT molecular complexity index is 565. The van der Waals surface area contributed by atoms with E-state index >= 15 is 0 Å². The van der Waals surface area contributed by atoms with E-state index in [4.69, 9.17) is 10.2 Å². The molecular weight excluding hydrogens is 234 g/mol. The minimum atomic E-state index is 0.252. The molecule has 0 bridgehead atoms. The second kappa shape index (κ2) is 4.03. The van der Waals surface area contributed by atoms with E-state index in [0.717, 1.165) is 10.6 Å². The second-order valence-electron chi connectivity index (χ2n) is 3.45. The maximum atomic E-state index is 5.71. The van der Waals surface area contributed by atoms with Gasteiger partial charge < -0.3 is 10.2 Å². The maximum absolute atomic E-state index is 5.71. The standard InChI is InChI=1S/C12H9N3OS/c13-12-14-8(10-3-1-5-16-10)7-9(15-12)11-4-2-6-17-11/h1-7H,(H2,13,14,15). The highest BCUT2D eigenvalue weighted by molar-refractivity contribution is 7.13. The summed E-state index contributed by atoms with van der Waals surface area (Å²) in [6.45, 7) is 0. The van der Waals surface area contributed by atoms with Crippen LogP contribution in [0.5, 0.6) is 0 Å². The van der Waals surface area contributed by atoms with E-state index in [9.17, 15) is 0 Å². The van der Waals surface area contributed by atoms with Gasteiger partial charge in [0, 0.05) is 0 Å². The third-order valence-electron chi connectivity index (χ3n) is 2.29. The smallest absolute Gasteiger partial charge is 0.221 e. The molecule has 0 aliphatic heterocycles. The topological polar surface area (TPSA) is 64.9 Å². The van der Waals surface area contributed by atoms with Crippen LogP contribution in [0.4, 0.5) is 5.95 Å². The molecule has 3 aromatic rings. The number of nitrogen functional groups attached to an aromatic ring is 1. The number of nitrogens with two attached hydrogens (primary N) is 1. The van der Waals surface area contributed by atoms with E-state index in [2.05, 4.69) is 9.97 Å².